The lowest BCUT2D eigenvalue weighted by Crippen LogP contribution is -2.27. The monoisotopic (exact) mass is 198 g/mol. The highest BCUT2D eigenvalue weighted by Crippen LogP contribution is 2.25. The molecule has 1 aliphatic carbocycles. The van der Waals surface area contributed by atoms with Crippen molar-refractivity contribution in [2.45, 2.75) is 25.3 Å². The van der Waals surface area contributed by atoms with Gasteiger partial charge in [0.1, 0.15) is 0 Å². The first-order valence-corrected chi connectivity index (χ1v) is 5.45. The fourth-order valence-corrected chi connectivity index (χ4v) is 2.36. The maximum Gasteiger partial charge on any atom is 0.0704 e. The molecule has 1 heterocycles. The van der Waals surface area contributed by atoms with E-state index in [0.717, 1.165) is 24.8 Å². The predicted molar refractivity (Wildman–Crippen MR) is 61.7 cm³/mol. The van der Waals surface area contributed by atoms with Crippen LogP contribution in [0.1, 0.15) is 17.5 Å². The van der Waals surface area contributed by atoms with Crippen molar-refractivity contribution in [1.82, 2.24) is 4.98 Å². The van der Waals surface area contributed by atoms with Gasteiger partial charge in [-0.2, -0.15) is 0 Å². The molecule has 2 nitrogen and oxygen atoms in total. The molecule has 0 amide bonds. The van der Waals surface area contributed by atoms with Crippen LogP contribution in [0.4, 0.5) is 0 Å². The molecule has 0 fully saturated rings. The van der Waals surface area contributed by atoms with Gasteiger partial charge in [-0.1, -0.05) is 6.07 Å². The summed E-state index contributed by atoms with van der Waals surface area (Å²) in [5.74, 6) is 0. The van der Waals surface area contributed by atoms with Crippen LogP contribution in [0.3, 0.4) is 0 Å². The minimum absolute atomic E-state index is 0.339. The van der Waals surface area contributed by atoms with E-state index in [1.165, 1.54) is 16.5 Å². The van der Waals surface area contributed by atoms with Gasteiger partial charge in [0, 0.05) is 17.6 Å². The number of benzene rings is 1. The molecule has 2 heteroatoms. The fraction of sp³-hybridized carbons (Fsp3) is 0.308. The van der Waals surface area contributed by atoms with E-state index in [1.807, 2.05) is 12.3 Å². The van der Waals surface area contributed by atoms with E-state index in [2.05, 4.69) is 23.2 Å². The van der Waals surface area contributed by atoms with Crippen LogP contribution >= 0.6 is 0 Å². The molecule has 0 unspecified atom stereocenters. The summed E-state index contributed by atoms with van der Waals surface area (Å²) in [7, 11) is 0. The zero-order chi connectivity index (χ0) is 10.3. The molecule has 0 saturated heterocycles. The first-order chi connectivity index (χ1) is 7.33. The number of pyridine rings is 1. The lowest BCUT2D eigenvalue weighted by atomic mass is 9.88. The van der Waals surface area contributed by atoms with E-state index in [0.29, 0.717) is 6.04 Å². The highest BCUT2D eigenvalue weighted by molar-refractivity contribution is 5.80. The summed E-state index contributed by atoms with van der Waals surface area (Å²) >= 11 is 0. The lowest BCUT2D eigenvalue weighted by Gasteiger charge is -2.21. The van der Waals surface area contributed by atoms with E-state index in [1.54, 1.807) is 0 Å². The number of rotatable bonds is 0. The van der Waals surface area contributed by atoms with Crippen molar-refractivity contribution in [3.63, 3.8) is 0 Å². The molecule has 0 spiro atoms. The number of nitrogens with two attached hydrogens (primary N) is 1. The Hall–Kier alpha value is -1.41. The van der Waals surface area contributed by atoms with Crippen LogP contribution in [0.15, 0.2) is 30.5 Å². The third-order valence-electron chi connectivity index (χ3n) is 3.19. The van der Waals surface area contributed by atoms with Gasteiger partial charge in [-0.3, -0.25) is 4.98 Å². The van der Waals surface area contributed by atoms with Crippen LogP contribution in [-0.4, -0.2) is 11.0 Å². The van der Waals surface area contributed by atoms with Gasteiger partial charge in [-0.25, -0.2) is 0 Å². The first-order valence-electron chi connectivity index (χ1n) is 5.45. The molecule has 2 aromatic rings. The normalized spacial score (nSPS) is 20.2. The maximum absolute atomic E-state index is 5.98. The Morgan fingerprint density at radius 1 is 1.27 bits per heavy atom. The lowest BCUT2D eigenvalue weighted by molar-refractivity contribution is 0.577. The maximum atomic E-state index is 5.98. The molecule has 1 aromatic carbocycles. The Bertz CT molecular complexity index is 505. The molecule has 2 N–H and O–H groups in total. The van der Waals surface area contributed by atoms with Gasteiger partial charge >= 0.3 is 0 Å². The summed E-state index contributed by atoms with van der Waals surface area (Å²) in [6.45, 7) is 0. The average molecular weight is 198 g/mol. The fourth-order valence-electron chi connectivity index (χ4n) is 2.36. The van der Waals surface area contributed by atoms with Crippen LogP contribution in [0.5, 0.6) is 0 Å². The highest BCUT2D eigenvalue weighted by Gasteiger charge is 2.15. The Labute approximate surface area is 89.1 Å². The third kappa shape index (κ3) is 1.51. The second-order valence-electron chi connectivity index (χ2n) is 4.32. The standard InChI is InChI=1S/C13H14N2/c14-12-4-3-9-8-13-10(2-1-5-15-13)6-11(9)7-12/h1-2,5-6,8,12H,3-4,7,14H2/t12-/m0/s1. The number of aryl methyl sites for hydroxylation is 1. The SMILES string of the molecule is N[C@H]1CCc2cc3ncccc3cc2C1. The van der Waals surface area contributed by atoms with Gasteiger partial charge < -0.3 is 5.73 Å². The molecular weight excluding hydrogens is 184 g/mol. The largest absolute Gasteiger partial charge is 0.327 e. The predicted octanol–water partition coefficient (Wildman–Crippen LogP) is 2.05. The van der Waals surface area contributed by atoms with Crippen molar-refractivity contribution in [2.75, 3.05) is 0 Å². The zero-order valence-electron chi connectivity index (χ0n) is 8.61. The summed E-state index contributed by atoms with van der Waals surface area (Å²) in [6, 6.07) is 8.90. The number of nitrogens with zero attached hydrogens (tertiary/aromatic N) is 1. The van der Waals surface area contributed by atoms with E-state index in [4.69, 9.17) is 5.73 Å². The Kier molecular flexibility index (Phi) is 1.96. The van der Waals surface area contributed by atoms with Crippen molar-refractivity contribution in [3.8, 4) is 0 Å². The average Bonchev–Trinajstić information content (AvgIpc) is 2.26. The summed E-state index contributed by atoms with van der Waals surface area (Å²) < 4.78 is 0. The summed E-state index contributed by atoms with van der Waals surface area (Å²) in [5, 5.41) is 1.23. The van der Waals surface area contributed by atoms with E-state index < -0.39 is 0 Å². The second kappa shape index (κ2) is 3.31. The zero-order valence-corrected chi connectivity index (χ0v) is 8.61. The van der Waals surface area contributed by atoms with Crippen LogP contribution in [0.25, 0.3) is 10.9 Å². The van der Waals surface area contributed by atoms with Crippen molar-refractivity contribution in [2.24, 2.45) is 5.73 Å². The number of aromatic nitrogens is 1. The molecule has 0 radical (unpaired) electrons. The third-order valence-corrected chi connectivity index (χ3v) is 3.19. The molecule has 1 atom stereocenters. The van der Waals surface area contributed by atoms with Gasteiger partial charge in [-0.05, 0) is 48.6 Å². The number of fused-ring (bicyclic) bond motifs is 2. The van der Waals surface area contributed by atoms with Crippen molar-refractivity contribution in [1.29, 1.82) is 0 Å². The quantitative estimate of drug-likeness (QED) is 0.703. The van der Waals surface area contributed by atoms with Gasteiger partial charge in [-0.15, -0.1) is 0 Å². The van der Waals surface area contributed by atoms with E-state index in [9.17, 15) is 0 Å². The molecule has 0 bridgehead atoms. The minimum Gasteiger partial charge on any atom is -0.327 e. The summed E-state index contributed by atoms with van der Waals surface area (Å²) in [5.41, 5.74) is 9.93. The molecule has 1 aromatic heterocycles. The van der Waals surface area contributed by atoms with E-state index in [-0.39, 0.29) is 0 Å². The summed E-state index contributed by atoms with van der Waals surface area (Å²) in [4.78, 5) is 4.38. The number of hydrogen-bond acceptors (Lipinski definition) is 2. The van der Waals surface area contributed by atoms with Crippen LogP contribution < -0.4 is 5.73 Å². The van der Waals surface area contributed by atoms with Gasteiger partial charge in [0.15, 0.2) is 0 Å². The molecule has 15 heavy (non-hydrogen) atoms. The van der Waals surface area contributed by atoms with Gasteiger partial charge in [0.05, 0.1) is 5.52 Å². The van der Waals surface area contributed by atoms with Crippen molar-refractivity contribution < 1.29 is 0 Å². The molecule has 1 aliphatic rings. The minimum atomic E-state index is 0.339. The molecule has 0 aliphatic heterocycles. The van der Waals surface area contributed by atoms with E-state index >= 15 is 0 Å². The summed E-state index contributed by atoms with van der Waals surface area (Å²) in [6.07, 6.45) is 5.07. The molecule has 76 valence electrons. The Morgan fingerprint density at radius 3 is 3.13 bits per heavy atom. The highest BCUT2D eigenvalue weighted by atomic mass is 14.7. The van der Waals surface area contributed by atoms with Gasteiger partial charge in [0.2, 0.25) is 0 Å². The first kappa shape index (κ1) is 8.86. The smallest absolute Gasteiger partial charge is 0.0704 e. The molecule has 0 saturated carbocycles. The number of hydrogen-bond donors (Lipinski definition) is 1. The topological polar surface area (TPSA) is 38.9 Å². The van der Waals surface area contributed by atoms with Crippen molar-refractivity contribution >= 4 is 10.9 Å². The Balaban J connectivity index is 2.20. The Morgan fingerprint density at radius 2 is 2.20 bits per heavy atom. The van der Waals surface area contributed by atoms with Crippen LogP contribution in [-0.2, 0) is 12.8 Å². The second-order valence-corrected chi connectivity index (χ2v) is 4.32. The van der Waals surface area contributed by atoms with Crippen LogP contribution in [0.2, 0.25) is 0 Å². The molecular formula is C13H14N2. The molecule has 3 rings (SSSR count). The van der Waals surface area contributed by atoms with Crippen LogP contribution in [0, 0.1) is 0 Å². The van der Waals surface area contributed by atoms with Crippen molar-refractivity contribution in [3.05, 3.63) is 41.6 Å². The van der Waals surface area contributed by atoms with Gasteiger partial charge in [0.25, 0.3) is 0 Å².